The van der Waals surface area contributed by atoms with Crippen LogP contribution in [-0.4, -0.2) is 6.17 Å². The lowest BCUT2D eigenvalue weighted by molar-refractivity contribution is 0.177. The molecule has 0 spiro atoms. The van der Waals surface area contributed by atoms with Crippen molar-refractivity contribution in [1.82, 2.24) is 0 Å². The second-order valence-corrected chi connectivity index (χ2v) is 5.03. The first-order valence-corrected chi connectivity index (χ1v) is 5.94. The van der Waals surface area contributed by atoms with Gasteiger partial charge in [0, 0.05) is 10.9 Å². The number of hydrogen-bond acceptors (Lipinski definition) is 0. The third-order valence-corrected chi connectivity index (χ3v) is 3.58. The lowest BCUT2D eigenvalue weighted by Crippen LogP contribution is -2.23. The van der Waals surface area contributed by atoms with Crippen LogP contribution >= 0.6 is 11.6 Å². The Balaban J connectivity index is 2.13. The molecule has 0 radical (unpaired) electrons. The molecule has 1 aliphatic carbocycles. The van der Waals surface area contributed by atoms with E-state index in [9.17, 15) is 4.39 Å². The largest absolute Gasteiger partial charge is 0.247 e. The summed E-state index contributed by atoms with van der Waals surface area (Å²) in [7, 11) is 0. The molecule has 0 aromatic heterocycles. The van der Waals surface area contributed by atoms with E-state index in [1.165, 1.54) is 0 Å². The highest BCUT2D eigenvalue weighted by atomic mass is 35.5. The number of benzene rings is 1. The third kappa shape index (κ3) is 2.52. The lowest BCUT2D eigenvalue weighted by atomic mass is 9.78. The van der Waals surface area contributed by atoms with E-state index in [1.807, 2.05) is 24.3 Å². The van der Waals surface area contributed by atoms with E-state index in [2.05, 4.69) is 6.92 Å². The number of rotatable bonds is 1. The summed E-state index contributed by atoms with van der Waals surface area (Å²) in [5.41, 5.74) is 1.10. The summed E-state index contributed by atoms with van der Waals surface area (Å²) in [6.45, 7) is 2.13. The maximum absolute atomic E-state index is 13.9. The van der Waals surface area contributed by atoms with Crippen molar-refractivity contribution < 1.29 is 4.39 Å². The second-order valence-electron chi connectivity index (χ2n) is 4.59. The van der Waals surface area contributed by atoms with Gasteiger partial charge in [-0.2, -0.15) is 0 Å². The van der Waals surface area contributed by atoms with Crippen molar-refractivity contribution in [3.63, 3.8) is 0 Å². The zero-order valence-corrected chi connectivity index (χ0v) is 9.67. The fourth-order valence-electron chi connectivity index (χ4n) is 2.40. The summed E-state index contributed by atoms with van der Waals surface area (Å²) >= 11 is 5.82. The van der Waals surface area contributed by atoms with E-state index in [0.29, 0.717) is 12.3 Å². The van der Waals surface area contributed by atoms with Gasteiger partial charge in [-0.05, 0) is 42.9 Å². The second kappa shape index (κ2) is 4.52. The Kier molecular flexibility index (Phi) is 3.30. The Labute approximate surface area is 95.4 Å². The zero-order valence-electron chi connectivity index (χ0n) is 8.92. The van der Waals surface area contributed by atoms with Gasteiger partial charge in [0.05, 0.1) is 0 Å². The van der Waals surface area contributed by atoms with E-state index >= 15 is 0 Å². The van der Waals surface area contributed by atoms with Gasteiger partial charge in [-0.1, -0.05) is 30.7 Å². The summed E-state index contributed by atoms with van der Waals surface area (Å²) in [6.07, 6.45) is 2.11. The van der Waals surface area contributed by atoms with Crippen LogP contribution in [0.4, 0.5) is 4.39 Å². The van der Waals surface area contributed by atoms with Gasteiger partial charge in [0.2, 0.25) is 0 Å². The molecule has 2 rings (SSSR count). The highest BCUT2D eigenvalue weighted by Gasteiger charge is 2.29. The zero-order chi connectivity index (χ0) is 10.8. The topological polar surface area (TPSA) is 0 Å². The molecule has 0 bridgehead atoms. The number of alkyl halides is 1. The van der Waals surface area contributed by atoms with Crippen LogP contribution in [0.1, 0.15) is 37.7 Å². The van der Waals surface area contributed by atoms with Crippen LogP contribution in [0, 0.1) is 5.92 Å². The van der Waals surface area contributed by atoms with Crippen molar-refractivity contribution in [2.75, 3.05) is 0 Å². The smallest absolute Gasteiger partial charge is 0.107 e. The van der Waals surface area contributed by atoms with Crippen LogP contribution in [0.25, 0.3) is 0 Å². The fourth-order valence-corrected chi connectivity index (χ4v) is 2.52. The molecule has 0 heterocycles. The highest BCUT2D eigenvalue weighted by molar-refractivity contribution is 6.30. The first-order valence-electron chi connectivity index (χ1n) is 5.56. The highest BCUT2D eigenvalue weighted by Crippen LogP contribution is 2.37. The van der Waals surface area contributed by atoms with E-state index in [4.69, 9.17) is 11.6 Å². The average Bonchev–Trinajstić information content (AvgIpc) is 2.20. The molecule has 2 heteroatoms. The molecule has 1 aromatic carbocycles. The maximum atomic E-state index is 13.9. The first kappa shape index (κ1) is 10.9. The monoisotopic (exact) mass is 226 g/mol. The average molecular weight is 227 g/mol. The van der Waals surface area contributed by atoms with Gasteiger partial charge in [-0.3, -0.25) is 0 Å². The molecule has 82 valence electrons. The number of hydrogen-bond donors (Lipinski definition) is 0. The summed E-state index contributed by atoms with van der Waals surface area (Å²) in [5, 5.41) is 0.721. The molecule has 1 aliphatic rings. The van der Waals surface area contributed by atoms with Gasteiger partial charge in [-0.15, -0.1) is 0 Å². The van der Waals surface area contributed by atoms with Gasteiger partial charge < -0.3 is 0 Å². The predicted molar refractivity (Wildman–Crippen MR) is 62.1 cm³/mol. The minimum atomic E-state index is -0.685. The molecular formula is C13H16ClF. The van der Waals surface area contributed by atoms with Crippen LogP contribution in [0.5, 0.6) is 0 Å². The van der Waals surface area contributed by atoms with E-state index in [1.54, 1.807) is 0 Å². The Bertz CT molecular complexity index is 320. The third-order valence-electron chi connectivity index (χ3n) is 3.33. The van der Waals surface area contributed by atoms with Gasteiger partial charge in [0.25, 0.3) is 0 Å². The molecule has 1 saturated carbocycles. The normalized spacial score (nSPS) is 31.5. The van der Waals surface area contributed by atoms with Crippen molar-refractivity contribution in [3.05, 3.63) is 34.9 Å². The molecule has 15 heavy (non-hydrogen) atoms. The summed E-state index contributed by atoms with van der Waals surface area (Å²) in [6, 6.07) is 7.61. The van der Waals surface area contributed by atoms with Crippen molar-refractivity contribution in [3.8, 4) is 0 Å². The van der Waals surface area contributed by atoms with Gasteiger partial charge in [0.1, 0.15) is 6.17 Å². The predicted octanol–water partition coefficient (Wildman–Crippen LogP) is 4.58. The van der Waals surface area contributed by atoms with Crippen LogP contribution in [0.2, 0.25) is 5.02 Å². The fraction of sp³-hybridized carbons (Fsp3) is 0.538. The Morgan fingerprint density at radius 2 is 1.87 bits per heavy atom. The molecule has 1 aromatic rings. The van der Waals surface area contributed by atoms with Crippen LogP contribution in [0.3, 0.4) is 0 Å². The van der Waals surface area contributed by atoms with Crippen LogP contribution in [-0.2, 0) is 0 Å². The van der Waals surface area contributed by atoms with Gasteiger partial charge in [0.15, 0.2) is 0 Å². The molecular weight excluding hydrogens is 211 g/mol. The molecule has 0 nitrogen and oxygen atoms in total. The summed E-state index contributed by atoms with van der Waals surface area (Å²) < 4.78 is 13.9. The number of halogens is 2. The minimum Gasteiger partial charge on any atom is -0.247 e. The molecule has 0 saturated heterocycles. The van der Waals surface area contributed by atoms with Crippen LogP contribution < -0.4 is 0 Å². The molecule has 0 aliphatic heterocycles. The maximum Gasteiger partial charge on any atom is 0.107 e. The Hall–Kier alpha value is -0.560. The molecule has 1 fully saturated rings. The van der Waals surface area contributed by atoms with Crippen LogP contribution in [0.15, 0.2) is 24.3 Å². The Morgan fingerprint density at radius 3 is 2.47 bits per heavy atom. The molecule has 0 amide bonds. The van der Waals surface area contributed by atoms with Crippen molar-refractivity contribution in [2.45, 2.75) is 38.3 Å². The Morgan fingerprint density at radius 1 is 1.20 bits per heavy atom. The van der Waals surface area contributed by atoms with E-state index in [-0.39, 0.29) is 5.92 Å². The minimum absolute atomic E-state index is 0.0819. The standard InChI is InChI=1S/C13H16ClF/c1-9-2-7-12(13(15)8-9)10-3-5-11(14)6-4-10/h3-6,9,12-13H,2,7-8H2,1H3. The van der Waals surface area contributed by atoms with Crippen molar-refractivity contribution in [2.24, 2.45) is 5.92 Å². The molecule has 3 unspecified atom stereocenters. The van der Waals surface area contributed by atoms with Crippen molar-refractivity contribution in [1.29, 1.82) is 0 Å². The van der Waals surface area contributed by atoms with E-state index < -0.39 is 6.17 Å². The van der Waals surface area contributed by atoms with Gasteiger partial charge in [-0.25, -0.2) is 4.39 Å². The SMILES string of the molecule is CC1CCC(c2ccc(Cl)cc2)C(F)C1. The molecule has 0 N–H and O–H groups in total. The summed E-state index contributed by atoms with van der Waals surface area (Å²) in [5.74, 6) is 0.613. The van der Waals surface area contributed by atoms with Gasteiger partial charge >= 0.3 is 0 Å². The van der Waals surface area contributed by atoms with E-state index in [0.717, 1.165) is 23.4 Å². The van der Waals surface area contributed by atoms with Crippen molar-refractivity contribution >= 4 is 11.6 Å². The summed E-state index contributed by atoms with van der Waals surface area (Å²) in [4.78, 5) is 0. The molecule has 3 atom stereocenters. The first-order chi connectivity index (χ1) is 7.16. The lowest BCUT2D eigenvalue weighted by Gasteiger charge is -2.30. The quantitative estimate of drug-likeness (QED) is 0.658.